The summed E-state index contributed by atoms with van der Waals surface area (Å²) >= 11 is 0. The van der Waals surface area contributed by atoms with Gasteiger partial charge >= 0.3 is 0 Å². The average molecular weight is 289 g/mol. The van der Waals surface area contributed by atoms with Crippen molar-refractivity contribution in [3.63, 3.8) is 0 Å². The summed E-state index contributed by atoms with van der Waals surface area (Å²) in [7, 11) is 0. The van der Waals surface area contributed by atoms with Crippen LogP contribution in [0.2, 0.25) is 0 Å². The van der Waals surface area contributed by atoms with Gasteiger partial charge in [0.05, 0.1) is 0 Å². The first-order valence-corrected chi connectivity index (χ1v) is 7.85. The van der Waals surface area contributed by atoms with Crippen LogP contribution in [0.3, 0.4) is 0 Å². The van der Waals surface area contributed by atoms with Gasteiger partial charge in [0.25, 0.3) is 5.91 Å². The molecular formula is C18H27NO2. The van der Waals surface area contributed by atoms with Gasteiger partial charge in [-0.05, 0) is 81.2 Å². The molecule has 0 saturated carbocycles. The third-order valence-electron chi connectivity index (χ3n) is 5.37. The van der Waals surface area contributed by atoms with E-state index in [0.29, 0.717) is 5.92 Å². The van der Waals surface area contributed by atoms with Crippen LogP contribution in [0.4, 0.5) is 0 Å². The van der Waals surface area contributed by atoms with E-state index < -0.39 is 0 Å². The maximum atomic E-state index is 12.9. The molecule has 0 atom stereocenters. The monoisotopic (exact) mass is 289 g/mol. The van der Waals surface area contributed by atoms with Crippen molar-refractivity contribution in [3.8, 4) is 0 Å². The van der Waals surface area contributed by atoms with Gasteiger partial charge < -0.3 is 10.0 Å². The molecule has 1 heterocycles. The molecule has 1 amide bonds. The van der Waals surface area contributed by atoms with Gasteiger partial charge in [-0.2, -0.15) is 0 Å². The second-order valence-electron chi connectivity index (χ2n) is 6.42. The maximum Gasteiger partial charge on any atom is 0.254 e. The number of nitrogens with zero attached hydrogens (tertiary/aromatic N) is 1. The average Bonchev–Trinajstić information content (AvgIpc) is 2.51. The summed E-state index contributed by atoms with van der Waals surface area (Å²) in [5.74, 6) is 0.519. The minimum atomic E-state index is 0.160. The lowest BCUT2D eigenvalue weighted by molar-refractivity contribution is 0.0649. The Kier molecular flexibility index (Phi) is 4.72. The van der Waals surface area contributed by atoms with Crippen molar-refractivity contribution >= 4 is 5.91 Å². The Bertz CT molecular complexity index is 526. The molecule has 0 bridgehead atoms. The minimum Gasteiger partial charge on any atom is -0.396 e. The van der Waals surface area contributed by atoms with Crippen molar-refractivity contribution in [1.29, 1.82) is 0 Å². The van der Waals surface area contributed by atoms with Crippen LogP contribution < -0.4 is 0 Å². The molecule has 2 rings (SSSR count). The number of carbonyl (C=O) groups is 1. The van der Waals surface area contributed by atoms with Crippen LogP contribution in [0.15, 0.2) is 0 Å². The molecule has 3 nitrogen and oxygen atoms in total. The van der Waals surface area contributed by atoms with Crippen molar-refractivity contribution in [2.24, 2.45) is 5.92 Å². The van der Waals surface area contributed by atoms with E-state index in [1.165, 1.54) is 16.7 Å². The number of benzene rings is 1. The molecule has 1 aromatic carbocycles. The Hall–Kier alpha value is -1.35. The Morgan fingerprint density at radius 1 is 0.952 bits per heavy atom. The first kappa shape index (κ1) is 16.0. The molecule has 1 saturated heterocycles. The first-order chi connectivity index (χ1) is 9.88. The largest absolute Gasteiger partial charge is 0.396 e. The summed E-state index contributed by atoms with van der Waals surface area (Å²) in [5, 5.41) is 9.22. The summed E-state index contributed by atoms with van der Waals surface area (Å²) in [6.45, 7) is 12.2. The van der Waals surface area contributed by atoms with Gasteiger partial charge in [-0.15, -0.1) is 0 Å². The van der Waals surface area contributed by atoms with Crippen molar-refractivity contribution in [2.75, 3.05) is 19.7 Å². The fraction of sp³-hybridized carbons (Fsp3) is 0.611. The number of piperidine rings is 1. The zero-order chi connectivity index (χ0) is 15.7. The number of likely N-dealkylation sites (tertiary alicyclic amines) is 1. The van der Waals surface area contributed by atoms with E-state index in [9.17, 15) is 9.90 Å². The van der Waals surface area contributed by atoms with Crippen molar-refractivity contribution in [2.45, 2.75) is 47.5 Å². The fourth-order valence-electron chi connectivity index (χ4n) is 3.30. The second kappa shape index (κ2) is 6.18. The smallest absolute Gasteiger partial charge is 0.254 e. The fourth-order valence-corrected chi connectivity index (χ4v) is 3.30. The molecule has 1 aromatic rings. The third-order valence-corrected chi connectivity index (χ3v) is 5.37. The normalized spacial score (nSPS) is 16.4. The topological polar surface area (TPSA) is 40.5 Å². The Balaban J connectivity index is 2.32. The first-order valence-electron chi connectivity index (χ1n) is 7.85. The summed E-state index contributed by atoms with van der Waals surface area (Å²) in [4.78, 5) is 14.9. The van der Waals surface area contributed by atoms with Crippen LogP contribution in [0.25, 0.3) is 0 Å². The van der Waals surface area contributed by atoms with Crippen molar-refractivity contribution < 1.29 is 9.90 Å². The van der Waals surface area contributed by atoms with Gasteiger partial charge in [-0.25, -0.2) is 0 Å². The zero-order valence-electron chi connectivity index (χ0n) is 13.9. The van der Waals surface area contributed by atoms with Crippen LogP contribution in [0.5, 0.6) is 0 Å². The lowest BCUT2D eigenvalue weighted by atomic mass is 9.88. The van der Waals surface area contributed by atoms with Gasteiger partial charge in [0, 0.05) is 25.3 Å². The Morgan fingerprint density at radius 2 is 1.38 bits per heavy atom. The molecule has 0 spiro atoms. The van der Waals surface area contributed by atoms with Crippen LogP contribution in [0.1, 0.15) is 51.0 Å². The molecule has 21 heavy (non-hydrogen) atoms. The molecule has 3 heteroatoms. The highest BCUT2D eigenvalue weighted by Crippen LogP contribution is 2.28. The number of aliphatic hydroxyl groups excluding tert-OH is 1. The highest BCUT2D eigenvalue weighted by molar-refractivity contribution is 5.98. The van der Waals surface area contributed by atoms with E-state index in [2.05, 4.69) is 34.6 Å². The lowest BCUT2D eigenvalue weighted by Crippen LogP contribution is -2.40. The maximum absolute atomic E-state index is 12.9. The number of rotatable bonds is 2. The van der Waals surface area contributed by atoms with Crippen LogP contribution in [0, 0.1) is 40.5 Å². The van der Waals surface area contributed by atoms with E-state index in [4.69, 9.17) is 0 Å². The standard InChI is InChI=1S/C18H27NO2/c1-11-12(2)14(4)17(15(5)13(11)3)18(21)19-8-6-16(10-20)7-9-19/h16,20H,6-10H2,1-5H3. The minimum absolute atomic E-state index is 0.160. The molecule has 0 radical (unpaired) electrons. The molecule has 1 aliphatic rings. The molecule has 116 valence electrons. The lowest BCUT2D eigenvalue weighted by Gasteiger charge is -2.32. The number of hydrogen-bond acceptors (Lipinski definition) is 2. The van der Waals surface area contributed by atoms with E-state index >= 15 is 0 Å². The summed E-state index contributed by atoms with van der Waals surface area (Å²) in [6, 6.07) is 0. The SMILES string of the molecule is Cc1c(C)c(C)c(C(=O)N2CCC(CO)CC2)c(C)c1C. The number of carbonyl (C=O) groups excluding carboxylic acids is 1. The van der Waals surface area contributed by atoms with Gasteiger partial charge in [0.1, 0.15) is 0 Å². The summed E-state index contributed by atoms with van der Waals surface area (Å²) < 4.78 is 0. The van der Waals surface area contributed by atoms with E-state index in [1.807, 2.05) is 4.90 Å². The van der Waals surface area contributed by atoms with Crippen LogP contribution in [-0.2, 0) is 0 Å². The molecule has 0 aromatic heterocycles. The molecule has 1 N–H and O–H groups in total. The van der Waals surface area contributed by atoms with Crippen molar-refractivity contribution in [1.82, 2.24) is 4.90 Å². The second-order valence-corrected chi connectivity index (χ2v) is 6.42. The summed E-state index contributed by atoms with van der Waals surface area (Å²) in [6.07, 6.45) is 1.81. The quantitative estimate of drug-likeness (QED) is 0.909. The Morgan fingerprint density at radius 3 is 1.81 bits per heavy atom. The zero-order valence-corrected chi connectivity index (χ0v) is 13.9. The molecule has 0 unspecified atom stereocenters. The molecule has 1 aliphatic heterocycles. The van der Waals surface area contributed by atoms with E-state index in [-0.39, 0.29) is 12.5 Å². The molecule has 0 aliphatic carbocycles. The number of hydrogen-bond donors (Lipinski definition) is 1. The third kappa shape index (κ3) is 2.84. The van der Waals surface area contributed by atoms with E-state index in [1.54, 1.807) is 0 Å². The van der Waals surface area contributed by atoms with Gasteiger partial charge in [0.15, 0.2) is 0 Å². The van der Waals surface area contributed by atoms with Crippen LogP contribution >= 0.6 is 0 Å². The van der Waals surface area contributed by atoms with Crippen LogP contribution in [-0.4, -0.2) is 35.6 Å². The predicted molar refractivity (Wildman–Crippen MR) is 85.8 cm³/mol. The Labute approximate surface area is 128 Å². The summed E-state index contributed by atoms with van der Waals surface area (Å²) in [5.41, 5.74) is 6.87. The number of amides is 1. The highest BCUT2D eigenvalue weighted by Gasteiger charge is 2.26. The molecule has 1 fully saturated rings. The van der Waals surface area contributed by atoms with Crippen molar-refractivity contribution in [3.05, 3.63) is 33.4 Å². The highest BCUT2D eigenvalue weighted by atomic mass is 16.3. The predicted octanol–water partition coefficient (Wildman–Crippen LogP) is 3.07. The van der Waals surface area contributed by atoms with Gasteiger partial charge in [0.2, 0.25) is 0 Å². The van der Waals surface area contributed by atoms with E-state index in [0.717, 1.165) is 42.6 Å². The number of aliphatic hydroxyl groups is 1. The van der Waals surface area contributed by atoms with Gasteiger partial charge in [-0.3, -0.25) is 4.79 Å². The molecular weight excluding hydrogens is 262 g/mol. The van der Waals surface area contributed by atoms with Gasteiger partial charge in [-0.1, -0.05) is 0 Å².